The Labute approximate surface area is 234 Å². The van der Waals surface area contributed by atoms with Crippen molar-refractivity contribution in [1.82, 2.24) is 4.98 Å². The molecule has 1 heterocycles. The van der Waals surface area contributed by atoms with E-state index in [2.05, 4.69) is 18.0 Å². The fourth-order valence-electron chi connectivity index (χ4n) is 3.54. The van der Waals surface area contributed by atoms with Gasteiger partial charge in [0.2, 0.25) is 0 Å². The second-order valence-corrected chi connectivity index (χ2v) is 15.1. The Bertz CT molecular complexity index is 760. The Morgan fingerprint density at radius 1 is 1.11 bits per heavy atom. The SMILES string of the molecule is CCCCCCCCCCCCSC(=S)SC(C)(C#N)CC(CCSSc1ccccn1)C(=O)O. The number of pyridine rings is 1. The first-order chi connectivity index (χ1) is 16.9. The molecular weight excluding hydrogens is 533 g/mol. The average Bonchev–Trinajstić information content (AvgIpc) is 2.85. The lowest BCUT2D eigenvalue weighted by molar-refractivity contribution is -0.142. The Hall–Kier alpha value is -0.400. The van der Waals surface area contributed by atoms with Crippen molar-refractivity contribution in [3.63, 3.8) is 0 Å². The molecule has 35 heavy (non-hydrogen) atoms. The second kappa shape index (κ2) is 20.6. The molecule has 1 aromatic rings. The molecule has 4 nitrogen and oxygen atoms in total. The van der Waals surface area contributed by atoms with Crippen LogP contribution in [-0.2, 0) is 4.79 Å². The van der Waals surface area contributed by atoms with Gasteiger partial charge in [-0.1, -0.05) is 106 Å². The predicted molar refractivity (Wildman–Crippen MR) is 161 cm³/mol. The third-order valence-corrected chi connectivity index (χ3v) is 10.7. The van der Waals surface area contributed by atoms with Gasteiger partial charge < -0.3 is 5.11 Å². The van der Waals surface area contributed by atoms with Crippen molar-refractivity contribution < 1.29 is 9.90 Å². The molecule has 0 fully saturated rings. The maximum absolute atomic E-state index is 11.8. The van der Waals surface area contributed by atoms with E-state index in [0.717, 1.165) is 20.7 Å². The second-order valence-electron chi connectivity index (χ2n) is 8.83. The van der Waals surface area contributed by atoms with Crippen molar-refractivity contribution >= 4 is 66.8 Å². The molecule has 1 rings (SSSR count). The fourth-order valence-corrected chi connectivity index (χ4v) is 8.61. The van der Waals surface area contributed by atoms with Crippen molar-refractivity contribution in [3.05, 3.63) is 24.4 Å². The number of carbonyl (C=O) groups is 1. The molecule has 0 bridgehead atoms. The third-order valence-electron chi connectivity index (χ3n) is 5.58. The highest BCUT2D eigenvalue weighted by Gasteiger charge is 2.33. The summed E-state index contributed by atoms with van der Waals surface area (Å²) in [6.07, 6.45) is 15.6. The minimum absolute atomic E-state index is 0.289. The number of hydrogen-bond donors (Lipinski definition) is 1. The summed E-state index contributed by atoms with van der Waals surface area (Å²) in [4.78, 5) is 16.1. The summed E-state index contributed by atoms with van der Waals surface area (Å²) in [6.45, 7) is 4.07. The van der Waals surface area contributed by atoms with Crippen LogP contribution in [0.2, 0.25) is 0 Å². The van der Waals surface area contributed by atoms with Gasteiger partial charge in [-0.2, -0.15) is 5.26 Å². The molecule has 9 heteroatoms. The number of carboxylic acid groups (broad SMARTS) is 1. The summed E-state index contributed by atoms with van der Waals surface area (Å²) < 4.78 is -0.0850. The van der Waals surface area contributed by atoms with Gasteiger partial charge in [0.05, 0.1) is 12.0 Å². The monoisotopic (exact) mass is 572 g/mol. The van der Waals surface area contributed by atoms with Crippen LogP contribution in [-0.4, -0.2) is 35.8 Å². The molecule has 0 aliphatic carbocycles. The number of thiocarbonyl (C=S) groups is 1. The maximum atomic E-state index is 11.8. The zero-order valence-electron chi connectivity index (χ0n) is 21.1. The van der Waals surface area contributed by atoms with Crippen molar-refractivity contribution in [1.29, 1.82) is 5.26 Å². The minimum atomic E-state index is -0.848. The van der Waals surface area contributed by atoms with E-state index in [1.165, 1.54) is 69.5 Å². The normalized spacial score (nSPS) is 13.6. The molecule has 1 N–H and O–H groups in total. The third kappa shape index (κ3) is 16.9. The summed E-state index contributed by atoms with van der Waals surface area (Å²) in [6, 6.07) is 8.07. The van der Waals surface area contributed by atoms with Crippen LogP contribution in [0.15, 0.2) is 29.4 Å². The molecule has 0 saturated heterocycles. The van der Waals surface area contributed by atoms with E-state index in [1.54, 1.807) is 39.5 Å². The highest BCUT2D eigenvalue weighted by molar-refractivity contribution is 8.76. The van der Waals surface area contributed by atoms with Crippen LogP contribution in [0.3, 0.4) is 0 Å². The van der Waals surface area contributed by atoms with Gasteiger partial charge in [-0.15, -0.1) is 11.8 Å². The molecule has 1 aromatic heterocycles. The first-order valence-electron chi connectivity index (χ1n) is 12.6. The Kier molecular flexibility index (Phi) is 19.2. The van der Waals surface area contributed by atoms with Crippen LogP contribution in [0.1, 0.15) is 90.9 Å². The number of hydrogen-bond acceptors (Lipinski definition) is 8. The molecule has 0 spiro atoms. The van der Waals surface area contributed by atoms with Crippen molar-refractivity contribution in [3.8, 4) is 6.07 Å². The molecule has 0 aliphatic rings. The number of unbranched alkanes of at least 4 members (excludes halogenated alkanes) is 9. The van der Waals surface area contributed by atoms with Gasteiger partial charge in [-0.25, -0.2) is 4.98 Å². The van der Waals surface area contributed by atoms with Gasteiger partial charge in [-0.05, 0) is 54.9 Å². The number of aromatic nitrogens is 1. The van der Waals surface area contributed by atoms with Gasteiger partial charge in [0.15, 0.2) is 0 Å². The standard InChI is InChI=1S/C26H40N2O2S5/c1-3-4-5-6-7-8-9-10-11-14-18-32-25(31)34-26(2,21-27)20-22(24(29)30)16-19-33-35-23-15-12-13-17-28-23/h12-13,15,17,22H,3-11,14,16,18-20H2,1-2H3,(H,29,30). The van der Waals surface area contributed by atoms with Gasteiger partial charge in [0.25, 0.3) is 0 Å². The van der Waals surface area contributed by atoms with Crippen LogP contribution in [0.5, 0.6) is 0 Å². The Balaban J connectivity index is 2.25. The summed E-state index contributed by atoms with van der Waals surface area (Å²) in [5, 5.41) is 20.4. The first-order valence-corrected chi connectivity index (χ1v) is 17.1. The average molecular weight is 573 g/mol. The maximum Gasteiger partial charge on any atom is 0.306 e. The number of aliphatic carboxylic acids is 1. The summed E-state index contributed by atoms with van der Waals surface area (Å²) in [7, 11) is 3.14. The van der Waals surface area contributed by atoms with Crippen molar-refractivity contribution in [2.24, 2.45) is 5.92 Å². The van der Waals surface area contributed by atoms with Crippen LogP contribution < -0.4 is 0 Å². The Morgan fingerprint density at radius 3 is 2.34 bits per heavy atom. The van der Waals surface area contributed by atoms with Crippen molar-refractivity contribution in [2.75, 3.05) is 11.5 Å². The van der Waals surface area contributed by atoms with Gasteiger partial charge >= 0.3 is 5.97 Å². The molecule has 0 saturated carbocycles. The topological polar surface area (TPSA) is 74.0 Å². The summed E-state index contributed by atoms with van der Waals surface area (Å²) in [5.74, 6) is 0.230. The molecule has 196 valence electrons. The number of nitriles is 1. The first kappa shape index (κ1) is 32.6. The van der Waals surface area contributed by atoms with E-state index in [0.29, 0.717) is 12.2 Å². The Morgan fingerprint density at radius 2 is 1.77 bits per heavy atom. The largest absolute Gasteiger partial charge is 0.481 e. The highest BCUT2D eigenvalue weighted by atomic mass is 33.1. The van der Waals surface area contributed by atoms with E-state index in [1.807, 2.05) is 25.1 Å². The lowest BCUT2D eigenvalue weighted by Gasteiger charge is -2.24. The number of rotatable bonds is 20. The van der Waals surface area contributed by atoms with E-state index in [4.69, 9.17) is 12.2 Å². The molecule has 0 aliphatic heterocycles. The zero-order valence-corrected chi connectivity index (χ0v) is 25.2. The molecule has 2 atom stereocenters. The van der Waals surface area contributed by atoms with E-state index in [9.17, 15) is 15.2 Å². The lowest BCUT2D eigenvalue weighted by Crippen LogP contribution is -2.28. The quantitative estimate of drug-likeness (QED) is 0.0934. The molecular formula is C26H40N2O2S5. The van der Waals surface area contributed by atoms with Gasteiger partial charge in [0.1, 0.15) is 13.3 Å². The van der Waals surface area contributed by atoms with E-state index in [-0.39, 0.29) is 6.42 Å². The smallest absolute Gasteiger partial charge is 0.306 e. The molecule has 2 unspecified atom stereocenters. The number of thioether (sulfide) groups is 2. The van der Waals surface area contributed by atoms with E-state index >= 15 is 0 Å². The van der Waals surface area contributed by atoms with Crippen LogP contribution in [0.4, 0.5) is 0 Å². The highest BCUT2D eigenvalue weighted by Crippen LogP contribution is 2.38. The van der Waals surface area contributed by atoms with E-state index < -0.39 is 16.6 Å². The van der Waals surface area contributed by atoms with Crippen LogP contribution in [0, 0.1) is 17.2 Å². The summed E-state index contributed by atoms with van der Waals surface area (Å²) in [5.41, 5.74) is 0. The lowest BCUT2D eigenvalue weighted by atomic mass is 9.94. The zero-order chi connectivity index (χ0) is 25.8. The summed E-state index contributed by atoms with van der Waals surface area (Å²) >= 11 is 8.52. The van der Waals surface area contributed by atoms with Crippen molar-refractivity contribution in [2.45, 2.75) is 101 Å². The number of carboxylic acids is 1. The molecule has 0 radical (unpaired) electrons. The minimum Gasteiger partial charge on any atom is -0.481 e. The van der Waals surface area contributed by atoms with Crippen LogP contribution >= 0.6 is 57.3 Å². The number of nitrogens with zero attached hydrogens (tertiary/aromatic N) is 2. The molecule has 0 amide bonds. The molecule has 0 aromatic carbocycles. The van der Waals surface area contributed by atoms with Gasteiger partial charge in [-0.3, -0.25) is 4.79 Å². The van der Waals surface area contributed by atoms with Crippen LogP contribution in [0.25, 0.3) is 0 Å². The van der Waals surface area contributed by atoms with Gasteiger partial charge in [0, 0.05) is 11.9 Å². The predicted octanol–water partition coefficient (Wildman–Crippen LogP) is 9.26. The fraction of sp³-hybridized carbons (Fsp3) is 0.692.